The Balaban J connectivity index is 2.17. The lowest BCUT2D eigenvalue weighted by Gasteiger charge is -2.48. The quantitative estimate of drug-likeness (QED) is 0.812. The number of hydrogen-bond donors (Lipinski definition) is 1. The molecule has 0 aromatic carbocycles. The molecule has 3 heteroatoms. The number of nitrogens with two attached hydrogens (primary N) is 1. The second kappa shape index (κ2) is 5.89. The van der Waals surface area contributed by atoms with Gasteiger partial charge in [0.1, 0.15) is 0 Å². The molecule has 0 radical (unpaired) electrons. The van der Waals surface area contributed by atoms with Crippen molar-refractivity contribution in [1.82, 2.24) is 9.80 Å². The predicted molar refractivity (Wildman–Crippen MR) is 77.7 cm³/mol. The van der Waals surface area contributed by atoms with Gasteiger partial charge < -0.3 is 5.73 Å². The van der Waals surface area contributed by atoms with Crippen LogP contribution in [0.3, 0.4) is 0 Å². The molecular formula is C15H31N3. The van der Waals surface area contributed by atoms with Crippen LogP contribution < -0.4 is 5.73 Å². The van der Waals surface area contributed by atoms with E-state index in [9.17, 15) is 0 Å². The Morgan fingerprint density at radius 3 is 2.72 bits per heavy atom. The molecule has 0 amide bonds. The molecule has 2 aliphatic rings. The van der Waals surface area contributed by atoms with E-state index in [0.29, 0.717) is 0 Å². The first-order valence-corrected chi connectivity index (χ1v) is 7.83. The van der Waals surface area contributed by atoms with E-state index in [-0.39, 0.29) is 5.54 Å². The van der Waals surface area contributed by atoms with E-state index in [4.69, 9.17) is 5.73 Å². The van der Waals surface area contributed by atoms with Crippen LogP contribution in [-0.4, -0.2) is 54.1 Å². The SMILES string of the molecule is CCN(CC(C)C)C1(CN)CCN2CCCCC21. The second-order valence-corrected chi connectivity index (χ2v) is 6.54. The molecule has 0 spiro atoms. The third-order valence-corrected chi connectivity index (χ3v) is 5.02. The normalized spacial score (nSPS) is 33.3. The monoisotopic (exact) mass is 253 g/mol. The lowest BCUT2D eigenvalue weighted by Crippen LogP contribution is -2.62. The van der Waals surface area contributed by atoms with E-state index in [1.54, 1.807) is 0 Å². The molecule has 2 aliphatic heterocycles. The van der Waals surface area contributed by atoms with Crippen molar-refractivity contribution in [2.75, 3.05) is 32.7 Å². The molecule has 0 bridgehead atoms. The fourth-order valence-electron chi connectivity index (χ4n) is 4.17. The van der Waals surface area contributed by atoms with E-state index < -0.39 is 0 Å². The maximum atomic E-state index is 6.26. The molecular weight excluding hydrogens is 222 g/mol. The standard InChI is InChI=1S/C15H31N3/c1-4-18(11-13(2)3)15(12-16)8-10-17-9-6-5-7-14(15)17/h13-14H,4-12,16H2,1-3H3. The van der Waals surface area contributed by atoms with Gasteiger partial charge in [-0.05, 0) is 38.3 Å². The summed E-state index contributed by atoms with van der Waals surface area (Å²) in [5.74, 6) is 0.728. The van der Waals surface area contributed by atoms with Crippen molar-refractivity contribution < 1.29 is 0 Å². The summed E-state index contributed by atoms with van der Waals surface area (Å²) in [5.41, 5.74) is 6.52. The van der Waals surface area contributed by atoms with Gasteiger partial charge in [0.2, 0.25) is 0 Å². The fourth-order valence-corrected chi connectivity index (χ4v) is 4.17. The van der Waals surface area contributed by atoms with Crippen molar-refractivity contribution in [2.24, 2.45) is 11.7 Å². The minimum Gasteiger partial charge on any atom is -0.329 e. The molecule has 0 aromatic heterocycles. The Hall–Kier alpha value is -0.120. The van der Waals surface area contributed by atoms with Crippen molar-refractivity contribution in [3.63, 3.8) is 0 Å². The molecule has 2 unspecified atom stereocenters. The van der Waals surface area contributed by atoms with Gasteiger partial charge >= 0.3 is 0 Å². The van der Waals surface area contributed by atoms with Crippen molar-refractivity contribution in [2.45, 2.75) is 58.0 Å². The number of likely N-dealkylation sites (N-methyl/N-ethyl adjacent to an activating group) is 1. The lowest BCUT2D eigenvalue weighted by molar-refractivity contribution is 0.0332. The number of piperidine rings is 1. The van der Waals surface area contributed by atoms with Gasteiger partial charge in [-0.15, -0.1) is 0 Å². The van der Waals surface area contributed by atoms with Gasteiger partial charge in [0.25, 0.3) is 0 Å². The molecule has 2 atom stereocenters. The van der Waals surface area contributed by atoms with Gasteiger partial charge in [0, 0.05) is 31.2 Å². The number of fused-ring (bicyclic) bond motifs is 1. The molecule has 0 saturated carbocycles. The molecule has 0 aromatic rings. The third kappa shape index (κ3) is 2.45. The van der Waals surface area contributed by atoms with E-state index in [2.05, 4.69) is 30.6 Å². The molecule has 3 nitrogen and oxygen atoms in total. The summed E-state index contributed by atoms with van der Waals surface area (Å²) >= 11 is 0. The van der Waals surface area contributed by atoms with E-state index >= 15 is 0 Å². The first kappa shape index (κ1) is 14.3. The highest BCUT2D eigenvalue weighted by atomic mass is 15.3. The molecule has 2 saturated heterocycles. The predicted octanol–water partition coefficient (Wildman–Crippen LogP) is 1.92. The molecule has 18 heavy (non-hydrogen) atoms. The minimum absolute atomic E-state index is 0.263. The van der Waals surface area contributed by atoms with Crippen LogP contribution in [0.25, 0.3) is 0 Å². The Kier molecular flexibility index (Phi) is 4.68. The summed E-state index contributed by atoms with van der Waals surface area (Å²) in [6.07, 6.45) is 5.40. The Bertz CT molecular complexity index is 266. The highest BCUT2D eigenvalue weighted by molar-refractivity contribution is 5.08. The summed E-state index contributed by atoms with van der Waals surface area (Å²) in [5, 5.41) is 0. The maximum absolute atomic E-state index is 6.26. The number of nitrogens with zero attached hydrogens (tertiary/aromatic N) is 2. The summed E-state index contributed by atoms with van der Waals surface area (Å²) in [4.78, 5) is 5.40. The van der Waals surface area contributed by atoms with Gasteiger partial charge in [0.15, 0.2) is 0 Å². The third-order valence-electron chi connectivity index (χ3n) is 5.02. The Morgan fingerprint density at radius 2 is 2.11 bits per heavy atom. The summed E-state index contributed by atoms with van der Waals surface area (Å²) < 4.78 is 0. The van der Waals surface area contributed by atoms with Crippen LogP contribution in [0.4, 0.5) is 0 Å². The Labute approximate surface area is 113 Å². The average Bonchev–Trinajstić information content (AvgIpc) is 2.76. The largest absolute Gasteiger partial charge is 0.329 e. The maximum Gasteiger partial charge on any atom is 0.0498 e. The number of rotatable bonds is 5. The van der Waals surface area contributed by atoms with E-state index in [1.807, 2.05) is 0 Å². The summed E-state index contributed by atoms with van der Waals surface area (Å²) in [6, 6.07) is 0.718. The van der Waals surface area contributed by atoms with Crippen molar-refractivity contribution in [1.29, 1.82) is 0 Å². The zero-order valence-corrected chi connectivity index (χ0v) is 12.5. The van der Waals surface area contributed by atoms with Crippen LogP contribution in [0.2, 0.25) is 0 Å². The van der Waals surface area contributed by atoms with Crippen LogP contribution in [0.15, 0.2) is 0 Å². The van der Waals surface area contributed by atoms with Crippen LogP contribution in [-0.2, 0) is 0 Å². The Morgan fingerprint density at radius 1 is 1.33 bits per heavy atom. The highest BCUT2D eigenvalue weighted by Crippen LogP contribution is 2.39. The van der Waals surface area contributed by atoms with Crippen LogP contribution in [0.5, 0.6) is 0 Å². The number of hydrogen-bond acceptors (Lipinski definition) is 3. The van der Waals surface area contributed by atoms with Crippen molar-refractivity contribution >= 4 is 0 Å². The lowest BCUT2D eigenvalue weighted by atomic mass is 9.83. The van der Waals surface area contributed by atoms with Gasteiger partial charge in [-0.1, -0.05) is 27.2 Å². The molecule has 2 rings (SSSR count). The van der Waals surface area contributed by atoms with E-state index in [1.165, 1.54) is 45.3 Å². The smallest absolute Gasteiger partial charge is 0.0498 e. The first-order valence-electron chi connectivity index (χ1n) is 7.83. The molecule has 2 N–H and O–H groups in total. The van der Waals surface area contributed by atoms with Gasteiger partial charge in [-0.3, -0.25) is 9.80 Å². The molecule has 2 fully saturated rings. The minimum atomic E-state index is 0.263. The zero-order valence-electron chi connectivity index (χ0n) is 12.5. The van der Waals surface area contributed by atoms with Crippen LogP contribution >= 0.6 is 0 Å². The van der Waals surface area contributed by atoms with Gasteiger partial charge in [0.05, 0.1) is 0 Å². The molecule has 2 heterocycles. The summed E-state index contributed by atoms with van der Waals surface area (Å²) in [7, 11) is 0. The van der Waals surface area contributed by atoms with Crippen molar-refractivity contribution in [3.8, 4) is 0 Å². The summed E-state index contributed by atoms with van der Waals surface area (Å²) in [6.45, 7) is 12.7. The van der Waals surface area contributed by atoms with Crippen molar-refractivity contribution in [3.05, 3.63) is 0 Å². The van der Waals surface area contributed by atoms with Crippen LogP contribution in [0, 0.1) is 5.92 Å². The first-order chi connectivity index (χ1) is 8.64. The topological polar surface area (TPSA) is 32.5 Å². The fraction of sp³-hybridized carbons (Fsp3) is 1.00. The highest BCUT2D eigenvalue weighted by Gasteiger charge is 2.50. The van der Waals surface area contributed by atoms with Gasteiger partial charge in [-0.2, -0.15) is 0 Å². The second-order valence-electron chi connectivity index (χ2n) is 6.54. The molecule has 0 aliphatic carbocycles. The van der Waals surface area contributed by atoms with E-state index in [0.717, 1.165) is 25.0 Å². The molecule has 106 valence electrons. The zero-order chi connectivity index (χ0) is 13.2. The van der Waals surface area contributed by atoms with Crippen LogP contribution in [0.1, 0.15) is 46.5 Å². The average molecular weight is 253 g/mol. The van der Waals surface area contributed by atoms with Gasteiger partial charge in [-0.25, -0.2) is 0 Å².